The van der Waals surface area contributed by atoms with Gasteiger partial charge in [0.25, 0.3) is 11.8 Å². The highest BCUT2D eigenvalue weighted by Gasteiger charge is 2.16. The van der Waals surface area contributed by atoms with Gasteiger partial charge in [-0.3, -0.25) is 19.6 Å². The minimum absolute atomic E-state index is 0.00210. The van der Waals surface area contributed by atoms with Crippen LogP contribution < -0.4 is 11.1 Å². The number of nitrogens with two attached hydrogens (primary N) is 1. The first-order valence-corrected chi connectivity index (χ1v) is 6.75. The number of hydrogen-bond donors (Lipinski definition) is 3. The Morgan fingerprint density at radius 3 is 2.52 bits per heavy atom. The molecule has 116 valence electrons. The molecule has 0 unspecified atom stereocenters. The summed E-state index contributed by atoms with van der Waals surface area (Å²) in [5, 5.41) is 10.5. The first kappa shape index (κ1) is 16.0. The summed E-state index contributed by atoms with van der Waals surface area (Å²) in [4.78, 5) is 31.4. The SMILES string of the molecule is N=C(C=C(C(N)=O)C(=O)NCc1cccnc1)c1ccncc1. The Morgan fingerprint density at radius 2 is 1.91 bits per heavy atom. The first-order chi connectivity index (χ1) is 11.1. The summed E-state index contributed by atoms with van der Waals surface area (Å²) in [6.07, 6.45) is 7.41. The van der Waals surface area contributed by atoms with Gasteiger partial charge in [-0.05, 0) is 29.8 Å². The number of nitrogens with zero attached hydrogens (tertiary/aromatic N) is 2. The van der Waals surface area contributed by atoms with Crippen LogP contribution in [0.25, 0.3) is 0 Å². The van der Waals surface area contributed by atoms with Crippen molar-refractivity contribution in [3.05, 3.63) is 71.8 Å². The van der Waals surface area contributed by atoms with E-state index in [1.165, 1.54) is 12.4 Å². The lowest BCUT2D eigenvalue weighted by Crippen LogP contribution is -2.31. The minimum atomic E-state index is -0.896. The number of rotatable bonds is 6. The topological polar surface area (TPSA) is 122 Å². The number of hydrogen-bond acceptors (Lipinski definition) is 5. The third-order valence-electron chi connectivity index (χ3n) is 2.97. The van der Waals surface area contributed by atoms with Gasteiger partial charge < -0.3 is 16.5 Å². The second kappa shape index (κ2) is 7.60. The van der Waals surface area contributed by atoms with Crippen LogP contribution >= 0.6 is 0 Å². The van der Waals surface area contributed by atoms with Gasteiger partial charge in [0.2, 0.25) is 0 Å². The zero-order valence-electron chi connectivity index (χ0n) is 12.2. The molecule has 0 fully saturated rings. The molecule has 0 aromatic carbocycles. The van der Waals surface area contributed by atoms with Crippen LogP contribution in [0.3, 0.4) is 0 Å². The van der Waals surface area contributed by atoms with E-state index in [2.05, 4.69) is 15.3 Å². The monoisotopic (exact) mass is 309 g/mol. The number of pyridine rings is 2. The van der Waals surface area contributed by atoms with Crippen LogP contribution in [0.5, 0.6) is 0 Å². The molecule has 0 saturated carbocycles. The van der Waals surface area contributed by atoms with Crippen LogP contribution in [0.15, 0.2) is 60.7 Å². The van der Waals surface area contributed by atoms with Crippen molar-refractivity contribution in [1.29, 1.82) is 5.41 Å². The number of primary amides is 1. The standard InChI is InChI=1S/C16H15N5O2/c17-14(12-3-6-19-7-4-12)8-13(15(18)22)16(23)21-10-11-2-1-5-20-9-11/h1-9,17H,10H2,(H2,18,22)(H,21,23). The Labute approximate surface area is 132 Å². The second-order valence-electron chi connectivity index (χ2n) is 4.62. The minimum Gasteiger partial charge on any atom is -0.365 e. The second-order valence-corrected chi connectivity index (χ2v) is 4.62. The van der Waals surface area contributed by atoms with Gasteiger partial charge in [0.05, 0.1) is 5.71 Å². The number of amides is 2. The van der Waals surface area contributed by atoms with E-state index in [9.17, 15) is 9.59 Å². The van der Waals surface area contributed by atoms with Gasteiger partial charge in [0.15, 0.2) is 0 Å². The highest BCUT2D eigenvalue weighted by Crippen LogP contribution is 2.04. The number of nitrogens with one attached hydrogen (secondary N) is 2. The Hall–Kier alpha value is -3.35. The summed E-state index contributed by atoms with van der Waals surface area (Å²) in [7, 11) is 0. The van der Waals surface area contributed by atoms with Crippen LogP contribution in [0.4, 0.5) is 0 Å². The van der Waals surface area contributed by atoms with Crippen molar-refractivity contribution >= 4 is 17.5 Å². The first-order valence-electron chi connectivity index (χ1n) is 6.75. The van der Waals surface area contributed by atoms with Crippen LogP contribution in [-0.2, 0) is 16.1 Å². The van der Waals surface area contributed by atoms with E-state index in [1.54, 1.807) is 36.7 Å². The Kier molecular flexibility index (Phi) is 5.30. The molecule has 0 saturated heterocycles. The van der Waals surface area contributed by atoms with E-state index in [0.29, 0.717) is 5.56 Å². The van der Waals surface area contributed by atoms with Gasteiger partial charge in [-0.1, -0.05) is 6.07 Å². The average Bonchev–Trinajstić information content (AvgIpc) is 2.58. The molecule has 2 rings (SSSR count). The lowest BCUT2D eigenvalue weighted by molar-refractivity contribution is -0.122. The highest BCUT2D eigenvalue weighted by atomic mass is 16.2. The summed E-state index contributed by atoms with van der Waals surface area (Å²) in [6.45, 7) is 0.208. The molecule has 0 aliphatic heterocycles. The Bertz CT molecular complexity index is 742. The summed E-state index contributed by atoms with van der Waals surface area (Å²) < 4.78 is 0. The predicted molar refractivity (Wildman–Crippen MR) is 84.4 cm³/mol. The molecule has 0 bridgehead atoms. The van der Waals surface area contributed by atoms with Gasteiger partial charge in [-0.15, -0.1) is 0 Å². The van der Waals surface area contributed by atoms with Gasteiger partial charge in [0.1, 0.15) is 5.57 Å². The van der Waals surface area contributed by atoms with Crippen molar-refractivity contribution in [3.63, 3.8) is 0 Å². The van der Waals surface area contributed by atoms with Gasteiger partial charge in [0, 0.05) is 36.9 Å². The zero-order valence-corrected chi connectivity index (χ0v) is 12.2. The van der Waals surface area contributed by atoms with Crippen molar-refractivity contribution in [2.24, 2.45) is 5.73 Å². The van der Waals surface area contributed by atoms with E-state index >= 15 is 0 Å². The van der Waals surface area contributed by atoms with Gasteiger partial charge >= 0.3 is 0 Å². The van der Waals surface area contributed by atoms with E-state index in [0.717, 1.165) is 11.6 Å². The summed E-state index contributed by atoms with van der Waals surface area (Å²) in [6, 6.07) is 6.74. The van der Waals surface area contributed by atoms with E-state index in [1.807, 2.05) is 0 Å². The predicted octanol–water partition coefficient (Wildman–Crippen LogP) is 0.573. The zero-order chi connectivity index (χ0) is 16.7. The smallest absolute Gasteiger partial charge is 0.257 e. The molecule has 2 amide bonds. The summed E-state index contributed by atoms with van der Waals surface area (Å²) >= 11 is 0. The summed E-state index contributed by atoms with van der Waals surface area (Å²) in [5.74, 6) is -1.53. The van der Waals surface area contributed by atoms with Crippen molar-refractivity contribution in [1.82, 2.24) is 15.3 Å². The molecule has 0 spiro atoms. The third kappa shape index (κ3) is 4.57. The molecule has 23 heavy (non-hydrogen) atoms. The molecule has 7 nitrogen and oxygen atoms in total. The third-order valence-corrected chi connectivity index (χ3v) is 2.97. The van der Waals surface area contributed by atoms with Crippen LogP contribution in [-0.4, -0.2) is 27.5 Å². The van der Waals surface area contributed by atoms with E-state index in [-0.39, 0.29) is 17.8 Å². The number of aromatic nitrogens is 2. The number of carbonyl (C=O) groups is 2. The van der Waals surface area contributed by atoms with Crippen molar-refractivity contribution in [3.8, 4) is 0 Å². The highest BCUT2D eigenvalue weighted by molar-refractivity contribution is 6.23. The molecule has 0 radical (unpaired) electrons. The Balaban J connectivity index is 2.11. The van der Waals surface area contributed by atoms with Crippen LogP contribution in [0, 0.1) is 5.41 Å². The maximum atomic E-state index is 12.1. The number of allylic oxidation sites excluding steroid dienone is 1. The molecule has 2 aromatic heterocycles. The van der Waals surface area contributed by atoms with Crippen molar-refractivity contribution in [2.45, 2.75) is 6.54 Å². The lowest BCUT2D eigenvalue weighted by Gasteiger charge is -2.07. The molecular weight excluding hydrogens is 294 g/mol. The normalized spacial score (nSPS) is 10.9. The fourth-order valence-corrected chi connectivity index (χ4v) is 1.79. The fourth-order valence-electron chi connectivity index (χ4n) is 1.79. The van der Waals surface area contributed by atoms with E-state index < -0.39 is 11.8 Å². The molecule has 0 aliphatic rings. The molecule has 0 aliphatic carbocycles. The number of carbonyl (C=O) groups excluding carboxylic acids is 2. The van der Waals surface area contributed by atoms with Gasteiger partial charge in [-0.2, -0.15) is 0 Å². The summed E-state index contributed by atoms with van der Waals surface area (Å²) in [5.41, 5.74) is 6.27. The molecule has 4 N–H and O–H groups in total. The molecule has 2 aromatic rings. The average molecular weight is 309 g/mol. The largest absolute Gasteiger partial charge is 0.365 e. The van der Waals surface area contributed by atoms with Crippen LogP contribution in [0.2, 0.25) is 0 Å². The fraction of sp³-hybridized carbons (Fsp3) is 0.0625. The van der Waals surface area contributed by atoms with Gasteiger partial charge in [-0.25, -0.2) is 0 Å². The maximum absolute atomic E-state index is 12.1. The lowest BCUT2D eigenvalue weighted by atomic mass is 10.1. The van der Waals surface area contributed by atoms with Crippen LogP contribution in [0.1, 0.15) is 11.1 Å². The molecule has 7 heteroatoms. The molecule has 2 heterocycles. The van der Waals surface area contributed by atoms with E-state index in [4.69, 9.17) is 11.1 Å². The maximum Gasteiger partial charge on any atom is 0.257 e. The molecule has 0 atom stereocenters. The Morgan fingerprint density at radius 1 is 1.17 bits per heavy atom. The molecular formula is C16H15N5O2. The van der Waals surface area contributed by atoms with Crippen molar-refractivity contribution < 1.29 is 9.59 Å². The van der Waals surface area contributed by atoms with Crippen molar-refractivity contribution in [2.75, 3.05) is 0 Å². The quantitative estimate of drug-likeness (QED) is 0.312.